The first-order chi connectivity index (χ1) is 6.84. The first kappa shape index (κ1) is 11.5. The summed E-state index contributed by atoms with van der Waals surface area (Å²) in [6, 6.07) is 0. The second-order valence-electron chi connectivity index (χ2n) is 2.50. The standard InChI is InChI=1S/C8H13BrN2O3/c1-12-2-3-13-4-5-14-8-7(9)6-10-11-8/h6H,2-5H2,1H3,(H,10,11). The smallest absolute Gasteiger partial charge is 0.223 e. The number of methoxy groups -OCH3 is 1. The van der Waals surface area contributed by atoms with Crippen LogP contribution in [-0.2, 0) is 9.47 Å². The van der Waals surface area contributed by atoms with Crippen LogP contribution in [0.25, 0.3) is 0 Å². The third-order valence-corrected chi connectivity index (χ3v) is 2.03. The van der Waals surface area contributed by atoms with E-state index in [-0.39, 0.29) is 0 Å². The van der Waals surface area contributed by atoms with Gasteiger partial charge in [0.15, 0.2) is 0 Å². The summed E-state index contributed by atoms with van der Waals surface area (Å²) in [6.07, 6.45) is 1.64. The molecule has 1 N–H and O–H groups in total. The van der Waals surface area contributed by atoms with Gasteiger partial charge in [-0.15, -0.1) is 0 Å². The van der Waals surface area contributed by atoms with Crippen molar-refractivity contribution in [3.05, 3.63) is 10.7 Å². The molecule has 5 nitrogen and oxygen atoms in total. The van der Waals surface area contributed by atoms with E-state index in [1.54, 1.807) is 13.3 Å². The Morgan fingerprint density at radius 2 is 2.14 bits per heavy atom. The average molecular weight is 265 g/mol. The van der Waals surface area contributed by atoms with Crippen molar-refractivity contribution in [2.24, 2.45) is 0 Å². The molecule has 0 atom stereocenters. The summed E-state index contributed by atoms with van der Waals surface area (Å²) >= 11 is 3.28. The van der Waals surface area contributed by atoms with E-state index in [9.17, 15) is 0 Å². The van der Waals surface area contributed by atoms with E-state index < -0.39 is 0 Å². The average Bonchev–Trinajstić information content (AvgIpc) is 2.58. The van der Waals surface area contributed by atoms with Crippen molar-refractivity contribution >= 4 is 15.9 Å². The van der Waals surface area contributed by atoms with Crippen LogP contribution in [0.1, 0.15) is 0 Å². The third-order valence-electron chi connectivity index (χ3n) is 1.47. The van der Waals surface area contributed by atoms with Gasteiger partial charge in [-0.3, -0.25) is 0 Å². The molecule has 0 aliphatic heterocycles. The summed E-state index contributed by atoms with van der Waals surface area (Å²) in [5.74, 6) is 0.625. The molecule has 1 heterocycles. The highest BCUT2D eigenvalue weighted by Crippen LogP contribution is 2.19. The first-order valence-electron chi connectivity index (χ1n) is 4.23. The summed E-state index contributed by atoms with van der Waals surface area (Å²) in [6.45, 7) is 2.22. The van der Waals surface area contributed by atoms with Crippen LogP contribution < -0.4 is 4.74 Å². The number of rotatable bonds is 7. The van der Waals surface area contributed by atoms with Crippen molar-refractivity contribution in [1.29, 1.82) is 0 Å². The van der Waals surface area contributed by atoms with Gasteiger partial charge < -0.3 is 14.2 Å². The van der Waals surface area contributed by atoms with E-state index in [1.807, 2.05) is 0 Å². The van der Waals surface area contributed by atoms with Crippen LogP contribution >= 0.6 is 15.9 Å². The van der Waals surface area contributed by atoms with Crippen LogP contribution in [0.4, 0.5) is 0 Å². The molecule has 0 aliphatic carbocycles. The van der Waals surface area contributed by atoms with Crippen LogP contribution in [0.3, 0.4) is 0 Å². The lowest BCUT2D eigenvalue weighted by Gasteiger charge is -2.04. The number of nitrogens with zero attached hydrogens (tertiary/aromatic N) is 1. The van der Waals surface area contributed by atoms with E-state index in [0.29, 0.717) is 32.3 Å². The van der Waals surface area contributed by atoms with Crippen LogP contribution in [0.2, 0.25) is 0 Å². The van der Waals surface area contributed by atoms with Crippen LogP contribution in [-0.4, -0.2) is 43.7 Å². The van der Waals surface area contributed by atoms with Crippen molar-refractivity contribution in [2.75, 3.05) is 33.5 Å². The summed E-state index contributed by atoms with van der Waals surface area (Å²) in [5, 5.41) is 6.50. The maximum Gasteiger partial charge on any atom is 0.223 e. The topological polar surface area (TPSA) is 56.4 Å². The highest BCUT2D eigenvalue weighted by molar-refractivity contribution is 9.10. The molecule has 0 radical (unpaired) electrons. The Morgan fingerprint density at radius 3 is 2.79 bits per heavy atom. The minimum Gasteiger partial charge on any atom is -0.475 e. The lowest BCUT2D eigenvalue weighted by atomic mass is 10.7. The van der Waals surface area contributed by atoms with Gasteiger partial charge >= 0.3 is 0 Å². The number of nitrogens with one attached hydrogen (secondary N) is 1. The van der Waals surface area contributed by atoms with Crippen molar-refractivity contribution in [3.63, 3.8) is 0 Å². The lowest BCUT2D eigenvalue weighted by molar-refractivity contribution is 0.0535. The van der Waals surface area contributed by atoms with Crippen molar-refractivity contribution < 1.29 is 14.2 Å². The minimum atomic E-state index is 0.491. The highest BCUT2D eigenvalue weighted by Gasteiger charge is 2.01. The second-order valence-corrected chi connectivity index (χ2v) is 3.36. The quantitative estimate of drug-likeness (QED) is 0.753. The molecule has 0 unspecified atom stereocenters. The van der Waals surface area contributed by atoms with Gasteiger partial charge in [-0.25, -0.2) is 5.10 Å². The summed E-state index contributed by atoms with van der Waals surface area (Å²) < 4.78 is 16.2. The number of H-pyrrole nitrogens is 1. The molecule has 0 amide bonds. The molecule has 0 bridgehead atoms. The van der Waals surface area contributed by atoms with Gasteiger partial charge in [0, 0.05) is 7.11 Å². The Bertz CT molecular complexity index is 254. The van der Waals surface area contributed by atoms with Gasteiger partial charge in [0.1, 0.15) is 6.61 Å². The Kier molecular flexibility index (Phi) is 5.58. The van der Waals surface area contributed by atoms with Gasteiger partial charge in [-0.05, 0) is 15.9 Å². The SMILES string of the molecule is COCCOCCOc1[nH]ncc1Br. The Labute approximate surface area is 90.9 Å². The zero-order valence-corrected chi connectivity index (χ0v) is 9.54. The summed E-state index contributed by atoms with van der Waals surface area (Å²) in [4.78, 5) is 0. The van der Waals surface area contributed by atoms with E-state index in [1.165, 1.54) is 0 Å². The molecule has 0 saturated carbocycles. The van der Waals surface area contributed by atoms with Crippen molar-refractivity contribution in [3.8, 4) is 5.88 Å². The summed E-state index contributed by atoms with van der Waals surface area (Å²) in [5.41, 5.74) is 0. The van der Waals surface area contributed by atoms with Gasteiger partial charge in [0.05, 0.1) is 30.5 Å². The third kappa shape index (κ3) is 4.08. The molecule has 0 fully saturated rings. The molecular formula is C8H13BrN2O3. The fourth-order valence-electron chi connectivity index (χ4n) is 0.808. The molecule has 0 spiro atoms. The largest absolute Gasteiger partial charge is 0.475 e. The van der Waals surface area contributed by atoms with Gasteiger partial charge in [-0.1, -0.05) is 0 Å². The predicted molar refractivity (Wildman–Crippen MR) is 54.5 cm³/mol. The Balaban J connectivity index is 2.02. The van der Waals surface area contributed by atoms with Gasteiger partial charge in [0.2, 0.25) is 5.88 Å². The Hall–Kier alpha value is -0.590. The normalized spacial score (nSPS) is 10.4. The lowest BCUT2D eigenvalue weighted by Crippen LogP contribution is -2.10. The van der Waals surface area contributed by atoms with Gasteiger partial charge in [0.25, 0.3) is 0 Å². The van der Waals surface area contributed by atoms with Crippen LogP contribution in [0.15, 0.2) is 10.7 Å². The van der Waals surface area contributed by atoms with Crippen LogP contribution in [0.5, 0.6) is 5.88 Å². The van der Waals surface area contributed by atoms with E-state index in [0.717, 1.165) is 4.47 Å². The number of aromatic amines is 1. The van der Waals surface area contributed by atoms with E-state index >= 15 is 0 Å². The number of ether oxygens (including phenoxy) is 3. The van der Waals surface area contributed by atoms with Gasteiger partial charge in [-0.2, -0.15) is 5.10 Å². The monoisotopic (exact) mass is 264 g/mol. The van der Waals surface area contributed by atoms with Crippen LogP contribution in [0, 0.1) is 0 Å². The summed E-state index contributed by atoms with van der Waals surface area (Å²) in [7, 11) is 1.64. The van der Waals surface area contributed by atoms with E-state index in [4.69, 9.17) is 14.2 Å². The molecule has 0 aliphatic rings. The molecule has 1 aromatic heterocycles. The maximum absolute atomic E-state index is 5.33. The number of halogens is 1. The Morgan fingerprint density at radius 1 is 1.36 bits per heavy atom. The molecule has 1 aromatic rings. The molecular weight excluding hydrogens is 252 g/mol. The molecule has 0 aromatic carbocycles. The zero-order valence-electron chi connectivity index (χ0n) is 7.96. The molecule has 80 valence electrons. The predicted octanol–water partition coefficient (Wildman–Crippen LogP) is 1.21. The molecule has 0 saturated heterocycles. The maximum atomic E-state index is 5.33. The number of hydrogen-bond acceptors (Lipinski definition) is 4. The second kappa shape index (κ2) is 6.80. The fourth-order valence-corrected chi connectivity index (χ4v) is 1.11. The zero-order chi connectivity index (χ0) is 10.2. The fraction of sp³-hybridized carbons (Fsp3) is 0.625. The molecule has 6 heteroatoms. The van der Waals surface area contributed by atoms with E-state index in [2.05, 4.69) is 26.1 Å². The molecule has 1 rings (SSSR count). The highest BCUT2D eigenvalue weighted by atomic mass is 79.9. The molecule has 14 heavy (non-hydrogen) atoms. The van der Waals surface area contributed by atoms with Crippen molar-refractivity contribution in [2.45, 2.75) is 0 Å². The first-order valence-corrected chi connectivity index (χ1v) is 5.02. The van der Waals surface area contributed by atoms with Crippen molar-refractivity contribution in [1.82, 2.24) is 10.2 Å². The number of hydrogen-bond donors (Lipinski definition) is 1. The number of aromatic nitrogens is 2. The minimum absolute atomic E-state index is 0.491.